The number of benzene rings is 13. The van der Waals surface area contributed by atoms with Crippen molar-refractivity contribution in [3.8, 4) is 66.8 Å². The van der Waals surface area contributed by atoms with Crippen molar-refractivity contribution < 1.29 is 0 Å². The second-order valence-corrected chi connectivity index (χ2v) is 32.9. The second-order valence-electron chi connectivity index (χ2n) is 32.9. The van der Waals surface area contributed by atoms with Gasteiger partial charge >= 0.3 is 0 Å². The van der Waals surface area contributed by atoms with E-state index >= 15 is 0 Å². The molecule has 2 nitrogen and oxygen atoms in total. The minimum atomic E-state index is -0.233. The van der Waals surface area contributed by atoms with E-state index in [4.69, 9.17) is 0 Å². The average Bonchev–Trinajstić information content (AvgIpc) is 1.68. The van der Waals surface area contributed by atoms with Crippen LogP contribution in [0.5, 0.6) is 0 Å². The van der Waals surface area contributed by atoms with Gasteiger partial charge in [-0.2, -0.15) is 0 Å². The zero-order valence-corrected chi connectivity index (χ0v) is 60.6. The fourth-order valence-electron chi connectivity index (χ4n) is 19.3. The molecule has 6 aliphatic rings. The summed E-state index contributed by atoms with van der Waals surface area (Å²) in [6.07, 6.45) is 9.08. The monoisotopic (exact) mass is 1310 g/mol. The van der Waals surface area contributed by atoms with Crippen molar-refractivity contribution in [3.05, 3.63) is 356 Å². The summed E-state index contributed by atoms with van der Waals surface area (Å²) >= 11 is 0. The van der Waals surface area contributed by atoms with Crippen LogP contribution in [0.2, 0.25) is 0 Å². The lowest BCUT2D eigenvalue weighted by Gasteiger charge is -2.31. The van der Waals surface area contributed by atoms with Crippen LogP contribution in [0, 0.1) is 0 Å². The standard InChI is InChI=1S/C100H84N2/c1-95(2)83-25-17-13-21-71(83)77-47-39-65(55-89(77)95)101(66-40-48-78-72-22-14-18-26-84(72)96(3,4)90(78)56-66)69-43-51-81-75-45-37-63(53-87(75)99(9,10)93(81)59-69)35-33-61-29-31-62(32-30-61)34-36-64-38-46-76-82-52-44-70(60-94(82)100(11,12)88(76)54-64)102(67-41-49-79-73-23-15-19-27-85(73)97(5,6)91(79)57-67)68-42-50-80-74-24-16-20-28-86(74)98(7,8)92(80)58-68/h13-60H,1-12H3/b35-33+,36-34+. The van der Waals surface area contributed by atoms with E-state index in [0.717, 1.165) is 0 Å². The Morgan fingerprint density at radius 2 is 0.333 bits per heavy atom. The van der Waals surface area contributed by atoms with E-state index in [0.29, 0.717) is 0 Å². The molecule has 494 valence electrons. The van der Waals surface area contributed by atoms with E-state index in [1.165, 1.54) is 190 Å². The Morgan fingerprint density at radius 1 is 0.167 bits per heavy atom. The van der Waals surface area contributed by atoms with Crippen molar-refractivity contribution in [1.82, 2.24) is 0 Å². The highest BCUT2D eigenvalue weighted by atomic mass is 15.1. The van der Waals surface area contributed by atoms with E-state index < -0.39 is 0 Å². The third-order valence-electron chi connectivity index (χ3n) is 25.1. The van der Waals surface area contributed by atoms with Gasteiger partial charge in [-0.15, -0.1) is 0 Å². The van der Waals surface area contributed by atoms with Crippen LogP contribution in [0.3, 0.4) is 0 Å². The van der Waals surface area contributed by atoms with Crippen molar-refractivity contribution >= 4 is 58.4 Å². The van der Waals surface area contributed by atoms with Gasteiger partial charge in [-0.05, 0) is 229 Å². The number of hydrogen-bond donors (Lipinski definition) is 0. The predicted molar refractivity (Wildman–Crippen MR) is 432 cm³/mol. The summed E-state index contributed by atoms with van der Waals surface area (Å²) in [6, 6.07) is 102. The maximum atomic E-state index is 2.52. The van der Waals surface area contributed by atoms with Gasteiger partial charge in [0.2, 0.25) is 0 Å². The SMILES string of the molecule is CC1(C)c2ccccc2-c2ccc(N(c3ccc4c(c3)C(C)(C)c3ccccc3-4)c3ccc4c(c3)C(C)(C)c3cc(/C=C/c5ccc(/C=C/c6ccc7c(c6)C(C)(C)c6cc(N(c8ccc9c(c8)C(C)(C)c8ccccc8-9)c8ccc9c(c8)C(C)(C)c8ccccc8-9)ccc6-7)cc5)ccc3-4)cc21. The molecule has 13 aromatic rings. The van der Waals surface area contributed by atoms with Gasteiger partial charge < -0.3 is 9.80 Å². The van der Waals surface area contributed by atoms with Gasteiger partial charge in [0, 0.05) is 66.6 Å². The molecule has 0 unspecified atom stereocenters. The third kappa shape index (κ3) is 8.97. The molecule has 0 radical (unpaired) electrons. The van der Waals surface area contributed by atoms with Crippen LogP contribution in [-0.4, -0.2) is 0 Å². The van der Waals surface area contributed by atoms with Crippen molar-refractivity contribution in [3.63, 3.8) is 0 Å². The summed E-state index contributed by atoms with van der Waals surface area (Å²) in [4.78, 5) is 5.04. The molecule has 0 saturated carbocycles. The van der Waals surface area contributed by atoms with Crippen LogP contribution >= 0.6 is 0 Å². The van der Waals surface area contributed by atoms with Gasteiger partial charge in [-0.3, -0.25) is 0 Å². The number of fused-ring (bicyclic) bond motifs is 18. The fraction of sp³-hybridized carbons (Fsp3) is 0.180. The molecule has 0 atom stereocenters. The molecule has 13 aromatic carbocycles. The third-order valence-corrected chi connectivity index (χ3v) is 25.1. The summed E-state index contributed by atoms with van der Waals surface area (Å²) in [5.74, 6) is 0. The number of nitrogens with zero attached hydrogens (tertiary/aromatic N) is 2. The molecule has 0 saturated heterocycles. The lowest BCUT2D eigenvalue weighted by atomic mass is 9.81. The average molecular weight is 1310 g/mol. The molecule has 6 aliphatic carbocycles. The summed E-state index contributed by atoms with van der Waals surface area (Å²) in [6.45, 7) is 28.7. The summed E-state index contributed by atoms with van der Waals surface area (Å²) < 4.78 is 0. The van der Waals surface area contributed by atoms with Gasteiger partial charge in [0.1, 0.15) is 0 Å². The molecule has 2 heteroatoms. The van der Waals surface area contributed by atoms with Crippen LogP contribution in [0.15, 0.2) is 267 Å². The van der Waals surface area contributed by atoms with Gasteiger partial charge in [-0.1, -0.05) is 302 Å². The number of hydrogen-bond acceptors (Lipinski definition) is 2. The van der Waals surface area contributed by atoms with Crippen LogP contribution in [0.4, 0.5) is 34.1 Å². The van der Waals surface area contributed by atoms with Crippen LogP contribution in [0.1, 0.15) is 172 Å². The lowest BCUT2D eigenvalue weighted by Crippen LogP contribution is -2.19. The topological polar surface area (TPSA) is 6.48 Å². The Morgan fingerprint density at radius 3 is 0.569 bits per heavy atom. The van der Waals surface area contributed by atoms with E-state index in [1.54, 1.807) is 0 Å². The van der Waals surface area contributed by atoms with Crippen molar-refractivity contribution in [2.24, 2.45) is 0 Å². The molecule has 0 heterocycles. The van der Waals surface area contributed by atoms with E-state index in [9.17, 15) is 0 Å². The molecule has 0 amide bonds. The van der Waals surface area contributed by atoms with E-state index in [-0.39, 0.29) is 32.5 Å². The largest absolute Gasteiger partial charge is 0.310 e. The minimum absolute atomic E-state index is 0.129. The Labute approximate surface area is 602 Å². The maximum absolute atomic E-state index is 2.52. The maximum Gasteiger partial charge on any atom is 0.0465 e. The molecular weight excluding hydrogens is 1230 g/mol. The lowest BCUT2D eigenvalue weighted by molar-refractivity contribution is 0.659. The van der Waals surface area contributed by atoms with E-state index in [1.807, 2.05) is 0 Å². The Balaban J connectivity index is 0.584. The van der Waals surface area contributed by atoms with Crippen molar-refractivity contribution in [2.75, 3.05) is 9.80 Å². The first kappa shape index (κ1) is 62.0. The number of rotatable bonds is 10. The quantitative estimate of drug-likeness (QED) is 0.126. The van der Waals surface area contributed by atoms with Gasteiger partial charge in [0.25, 0.3) is 0 Å². The molecular formula is C100H84N2. The van der Waals surface area contributed by atoms with Gasteiger partial charge in [0.05, 0.1) is 0 Å². The van der Waals surface area contributed by atoms with Crippen LogP contribution in [0.25, 0.3) is 91.1 Å². The first-order valence-corrected chi connectivity index (χ1v) is 36.7. The second kappa shape index (κ2) is 21.7. The molecule has 0 aliphatic heterocycles. The zero-order chi connectivity index (χ0) is 69.7. The van der Waals surface area contributed by atoms with Crippen LogP contribution in [-0.2, 0) is 32.5 Å². The van der Waals surface area contributed by atoms with Crippen molar-refractivity contribution in [1.29, 1.82) is 0 Å². The first-order valence-electron chi connectivity index (χ1n) is 36.7. The summed E-state index contributed by atoms with van der Waals surface area (Å²) in [7, 11) is 0. The Kier molecular flexibility index (Phi) is 13.2. The summed E-state index contributed by atoms with van der Waals surface area (Å²) in [5.41, 5.74) is 43.2. The predicted octanol–water partition coefficient (Wildman–Crippen LogP) is 26.8. The Hall–Kier alpha value is -11.1. The van der Waals surface area contributed by atoms with Gasteiger partial charge in [0.15, 0.2) is 0 Å². The highest BCUT2D eigenvalue weighted by molar-refractivity contribution is 5.94. The van der Waals surface area contributed by atoms with Crippen LogP contribution < -0.4 is 9.80 Å². The van der Waals surface area contributed by atoms with E-state index in [2.05, 4.69) is 384 Å². The zero-order valence-electron chi connectivity index (χ0n) is 60.6. The molecule has 0 aromatic heterocycles. The molecule has 102 heavy (non-hydrogen) atoms. The fourth-order valence-corrected chi connectivity index (χ4v) is 19.3. The molecule has 0 spiro atoms. The van der Waals surface area contributed by atoms with Crippen molar-refractivity contribution in [2.45, 2.75) is 116 Å². The minimum Gasteiger partial charge on any atom is -0.310 e. The summed E-state index contributed by atoms with van der Waals surface area (Å²) in [5, 5.41) is 0. The molecule has 0 bridgehead atoms. The first-order chi connectivity index (χ1) is 49.1. The smallest absolute Gasteiger partial charge is 0.0465 e. The highest BCUT2D eigenvalue weighted by Gasteiger charge is 2.43. The van der Waals surface area contributed by atoms with Gasteiger partial charge in [-0.25, -0.2) is 0 Å². The normalized spacial score (nSPS) is 16.4. The molecule has 19 rings (SSSR count). The molecule has 0 fully saturated rings. The Bertz CT molecular complexity index is 5260. The number of anilines is 6. The molecule has 0 N–H and O–H groups in total. The highest BCUT2D eigenvalue weighted by Crippen LogP contribution is 2.59.